The number of carbonyl (C=O) groups is 2. The van der Waals surface area contributed by atoms with Crippen molar-refractivity contribution in [3.63, 3.8) is 0 Å². The van der Waals surface area contributed by atoms with Gasteiger partial charge in [0.15, 0.2) is 12.4 Å². The summed E-state index contributed by atoms with van der Waals surface area (Å²) in [6.07, 6.45) is 0. The van der Waals surface area contributed by atoms with Gasteiger partial charge in [0, 0.05) is 5.71 Å². The lowest BCUT2D eigenvalue weighted by molar-refractivity contribution is -0.122. The van der Waals surface area contributed by atoms with E-state index in [1.165, 1.54) is 6.92 Å². The van der Waals surface area contributed by atoms with Gasteiger partial charge in [-0.2, -0.15) is 5.26 Å². The Labute approximate surface area is 113 Å². The standard InChI is InChI=1S/C13H10F2N2O3/c1-7(17)8(5-16)11(18)6-20-13(19)12-9(14)3-2-4-10(12)15/h2-4,8,17H,6H2,1H3. The lowest BCUT2D eigenvalue weighted by Gasteiger charge is -2.08. The fraction of sp³-hybridized carbons (Fsp3) is 0.231. The number of hydrogen-bond donors (Lipinski definition) is 1. The molecule has 1 aromatic carbocycles. The Morgan fingerprint density at radius 3 is 2.40 bits per heavy atom. The third-order valence-corrected chi connectivity index (χ3v) is 2.40. The van der Waals surface area contributed by atoms with Gasteiger partial charge >= 0.3 is 5.97 Å². The molecule has 1 aromatic rings. The minimum atomic E-state index is -1.34. The molecule has 0 saturated carbocycles. The van der Waals surface area contributed by atoms with Gasteiger partial charge in [0.05, 0.1) is 6.07 Å². The van der Waals surface area contributed by atoms with Gasteiger partial charge in [0.25, 0.3) is 0 Å². The monoisotopic (exact) mass is 280 g/mol. The zero-order valence-electron chi connectivity index (χ0n) is 10.4. The number of Topliss-reactive ketones (excluding diaryl/α,β-unsaturated/α-hetero) is 1. The average Bonchev–Trinajstić information content (AvgIpc) is 2.36. The first-order valence-corrected chi connectivity index (χ1v) is 5.47. The highest BCUT2D eigenvalue weighted by Crippen LogP contribution is 2.13. The van der Waals surface area contributed by atoms with Crippen LogP contribution in [-0.4, -0.2) is 24.1 Å². The Morgan fingerprint density at radius 2 is 1.95 bits per heavy atom. The second kappa shape index (κ2) is 6.52. The third kappa shape index (κ3) is 3.45. The Bertz CT molecular complexity index is 588. The van der Waals surface area contributed by atoms with Gasteiger partial charge in [-0.3, -0.25) is 4.79 Å². The first-order chi connectivity index (χ1) is 9.38. The Hall–Kier alpha value is -2.62. The van der Waals surface area contributed by atoms with E-state index in [4.69, 9.17) is 10.7 Å². The van der Waals surface area contributed by atoms with Gasteiger partial charge < -0.3 is 10.1 Å². The Balaban J connectivity index is 2.76. The number of nitrogens with zero attached hydrogens (tertiary/aromatic N) is 1. The summed E-state index contributed by atoms with van der Waals surface area (Å²) in [5.41, 5.74) is -1.11. The third-order valence-electron chi connectivity index (χ3n) is 2.40. The SMILES string of the molecule is CC(=N)C(C#N)C(=O)COC(=O)c1c(F)cccc1F. The summed E-state index contributed by atoms with van der Waals surface area (Å²) in [5.74, 6) is -5.73. The van der Waals surface area contributed by atoms with Crippen LogP contribution in [0.15, 0.2) is 18.2 Å². The smallest absolute Gasteiger partial charge is 0.344 e. The van der Waals surface area contributed by atoms with E-state index in [2.05, 4.69) is 4.74 Å². The molecule has 0 saturated heterocycles. The molecule has 0 radical (unpaired) electrons. The number of rotatable bonds is 5. The van der Waals surface area contributed by atoms with Crippen LogP contribution in [0.25, 0.3) is 0 Å². The van der Waals surface area contributed by atoms with Crippen LogP contribution >= 0.6 is 0 Å². The molecule has 0 amide bonds. The molecule has 0 fully saturated rings. The van der Waals surface area contributed by atoms with Crippen molar-refractivity contribution in [3.05, 3.63) is 35.4 Å². The van der Waals surface area contributed by atoms with E-state index in [-0.39, 0.29) is 5.71 Å². The minimum Gasteiger partial charge on any atom is -0.454 e. The molecule has 0 aliphatic rings. The van der Waals surface area contributed by atoms with Gasteiger partial charge in [0.2, 0.25) is 0 Å². The number of ketones is 1. The first kappa shape index (κ1) is 15.4. The molecule has 5 nitrogen and oxygen atoms in total. The number of benzene rings is 1. The van der Waals surface area contributed by atoms with Crippen molar-refractivity contribution in [2.45, 2.75) is 6.92 Å². The number of hydrogen-bond acceptors (Lipinski definition) is 5. The fourth-order valence-corrected chi connectivity index (χ4v) is 1.40. The summed E-state index contributed by atoms with van der Waals surface area (Å²) in [6, 6.07) is 4.41. The quantitative estimate of drug-likeness (QED) is 0.658. The highest BCUT2D eigenvalue weighted by atomic mass is 19.1. The summed E-state index contributed by atoms with van der Waals surface area (Å²) < 4.78 is 31.0. The summed E-state index contributed by atoms with van der Waals surface area (Å²) in [5, 5.41) is 15.9. The summed E-state index contributed by atoms with van der Waals surface area (Å²) in [6.45, 7) is 0.422. The average molecular weight is 280 g/mol. The zero-order chi connectivity index (χ0) is 15.3. The van der Waals surface area contributed by atoms with E-state index < -0.39 is 41.5 Å². The molecule has 0 bridgehead atoms. The number of ether oxygens (including phenoxy) is 1. The first-order valence-electron chi connectivity index (χ1n) is 5.47. The van der Waals surface area contributed by atoms with Crippen molar-refractivity contribution in [1.29, 1.82) is 10.7 Å². The molecule has 1 rings (SSSR count). The van der Waals surface area contributed by atoms with Crippen LogP contribution in [-0.2, 0) is 9.53 Å². The van der Waals surface area contributed by atoms with Crippen molar-refractivity contribution in [1.82, 2.24) is 0 Å². The molecule has 0 heterocycles. The molecule has 1 N–H and O–H groups in total. The number of nitriles is 1. The second-order valence-corrected chi connectivity index (χ2v) is 3.88. The van der Waals surface area contributed by atoms with Crippen LogP contribution in [0.3, 0.4) is 0 Å². The number of esters is 1. The van der Waals surface area contributed by atoms with Crippen LogP contribution in [0, 0.1) is 34.3 Å². The molecular weight excluding hydrogens is 270 g/mol. The molecule has 0 aromatic heterocycles. The van der Waals surface area contributed by atoms with Crippen molar-refractivity contribution < 1.29 is 23.1 Å². The minimum absolute atomic E-state index is 0.203. The normalized spacial score (nSPS) is 11.3. The maximum atomic E-state index is 13.3. The van der Waals surface area contributed by atoms with Crippen molar-refractivity contribution >= 4 is 17.5 Å². The van der Waals surface area contributed by atoms with Crippen LogP contribution in [0.4, 0.5) is 8.78 Å². The molecule has 0 aliphatic heterocycles. The van der Waals surface area contributed by atoms with E-state index >= 15 is 0 Å². The number of nitrogens with one attached hydrogen (secondary N) is 1. The molecule has 0 spiro atoms. The van der Waals surface area contributed by atoms with Gasteiger partial charge in [0.1, 0.15) is 23.1 Å². The molecule has 0 aliphatic carbocycles. The van der Waals surface area contributed by atoms with Crippen LogP contribution < -0.4 is 0 Å². The largest absolute Gasteiger partial charge is 0.454 e. The fourth-order valence-electron chi connectivity index (χ4n) is 1.40. The predicted octanol–water partition coefficient (Wildman–Crippen LogP) is 1.87. The number of halogens is 2. The molecular formula is C13H10F2N2O3. The zero-order valence-corrected chi connectivity index (χ0v) is 10.4. The van der Waals surface area contributed by atoms with E-state index in [1.54, 1.807) is 6.07 Å². The van der Waals surface area contributed by atoms with Crippen LogP contribution in [0.5, 0.6) is 0 Å². The highest BCUT2D eigenvalue weighted by Gasteiger charge is 2.24. The van der Waals surface area contributed by atoms with E-state index in [0.717, 1.165) is 18.2 Å². The maximum absolute atomic E-state index is 13.3. The number of carbonyl (C=O) groups excluding carboxylic acids is 2. The van der Waals surface area contributed by atoms with Crippen LogP contribution in [0.1, 0.15) is 17.3 Å². The Kier molecular flexibility index (Phi) is 5.03. The Morgan fingerprint density at radius 1 is 1.40 bits per heavy atom. The van der Waals surface area contributed by atoms with Crippen molar-refractivity contribution in [3.8, 4) is 6.07 Å². The van der Waals surface area contributed by atoms with Crippen molar-refractivity contribution in [2.24, 2.45) is 5.92 Å². The van der Waals surface area contributed by atoms with Crippen LogP contribution in [0.2, 0.25) is 0 Å². The van der Waals surface area contributed by atoms with Gasteiger partial charge in [-0.1, -0.05) is 6.07 Å². The van der Waals surface area contributed by atoms with E-state index in [1.807, 2.05) is 0 Å². The lowest BCUT2D eigenvalue weighted by Crippen LogP contribution is -2.26. The van der Waals surface area contributed by atoms with E-state index in [0.29, 0.717) is 0 Å². The van der Waals surface area contributed by atoms with Gasteiger partial charge in [-0.05, 0) is 19.1 Å². The topological polar surface area (TPSA) is 91.0 Å². The van der Waals surface area contributed by atoms with Gasteiger partial charge in [-0.25, -0.2) is 13.6 Å². The summed E-state index contributed by atoms with van der Waals surface area (Å²) in [4.78, 5) is 23.0. The molecule has 104 valence electrons. The molecule has 20 heavy (non-hydrogen) atoms. The van der Waals surface area contributed by atoms with Gasteiger partial charge in [-0.15, -0.1) is 0 Å². The highest BCUT2D eigenvalue weighted by molar-refractivity contribution is 6.06. The molecule has 1 unspecified atom stereocenters. The second-order valence-electron chi connectivity index (χ2n) is 3.88. The summed E-state index contributed by atoms with van der Waals surface area (Å²) in [7, 11) is 0. The molecule has 7 heteroatoms. The summed E-state index contributed by atoms with van der Waals surface area (Å²) >= 11 is 0. The predicted molar refractivity (Wildman–Crippen MR) is 64.2 cm³/mol. The molecule has 1 atom stereocenters. The lowest BCUT2D eigenvalue weighted by atomic mass is 10.0. The van der Waals surface area contributed by atoms with Crippen molar-refractivity contribution in [2.75, 3.05) is 6.61 Å². The van der Waals surface area contributed by atoms with E-state index in [9.17, 15) is 18.4 Å². The maximum Gasteiger partial charge on any atom is 0.344 e.